The molecule has 1 aliphatic heterocycles. The van der Waals surface area contributed by atoms with E-state index in [1.54, 1.807) is 0 Å². The zero-order chi connectivity index (χ0) is 21.0. The molecule has 1 fully saturated rings. The van der Waals surface area contributed by atoms with E-state index in [0.29, 0.717) is 30.5 Å². The number of rotatable bonds is 5. The number of thioether (sulfide) groups is 2. The summed E-state index contributed by atoms with van der Waals surface area (Å²) in [4.78, 5) is 51.3. The SMILES string of the molecule is CC(=O)CCl.COC(=O)CSCC(C)=O.I[I-]I.O=C1CSCC(=O)C1. The van der Waals surface area contributed by atoms with Crippen LogP contribution in [0.15, 0.2) is 0 Å². The van der Waals surface area contributed by atoms with Crippen molar-refractivity contribution in [1.82, 2.24) is 0 Å². The molecule has 0 bridgehead atoms. The Bertz CT molecular complexity index is 438. The third kappa shape index (κ3) is 33.0. The summed E-state index contributed by atoms with van der Waals surface area (Å²) < 4.78 is 4.36. The quantitative estimate of drug-likeness (QED) is 0.171. The van der Waals surface area contributed by atoms with Crippen LogP contribution in [0.2, 0.25) is 0 Å². The van der Waals surface area contributed by atoms with Gasteiger partial charge in [0, 0.05) is 0 Å². The smallest absolute Gasteiger partial charge is 0.150 e. The fourth-order valence-corrected chi connectivity index (χ4v) is 2.37. The molecule has 0 aromatic rings. The fraction of sp³-hybridized carbons (Fsp3) is 0.643. The second kappa shape index (κ2) is 24.4. The normalized spacial score (nSPS) is 12.4. The van der Waals surface area contributed by atoms with Gasteiger partial charge in [-0.05, 0) is 13.8 Å². The van der Waals surface area contributed by atoms with Gasteiger partial charge >= 0.3 is 56.5 Å². The van der Waals surface area contributed by atoms with E-state index in [0.717, 1.165) is 0 Å². The van der Waals surface area contributed by atoms with Crippen molar-refractivity contribution in [3.05, 3.63) is 0 Å². The molecule has 1 rings (SSSR count). The first kappa shape index (κ1) is 32.0. The van der Waals surface area contributed by atoms with E-state index in [9.17, 15) is 24.0 Å². The van der Waals surface area contributed by atoms with Crippen molar-refractivity contribution in [2.45, 2.75) is 20.3 Å². The molecular weight excluding hydrogens is 744 g/mol. The number of halogens is 4. The van der Waals surface area contributed by atoms with Gasteiger partial charge < -0.3 is 4.74 Å². The molecule has 154 valence electrons. The summed E-state index contributed by atoms with van der Waals surface area (Å²) in [6, 6.07) is 0. The average molecular weight is 766 g/mol. The number of esters is 1. The number of methoxy groups -OCH3 is 1. The Hall–Kier alpha value is 1.33. The predicted molar refractivity (Wildman–Crippen MR) is 121 cm³/mol. The van der Waals surface area contributed by atoms with Crippen molar-refractivity contribution in [3.63, 3.8) is 0 Å². The van der Waals surface area contributed by atoms with Crippen molar-refractivity contribution in [1.29, 1.82) is 0 Å². The van der Waals surface area contributed by atoms with Crippen LogP contribution in [-0.4, -0.2) is 65.1 Å². The molecule has 0 N–H and O–H groups in total. The summed E-state index contributed by atoms with van der Waals surface area (Å²) in [7, 11) is 1.33. The van der Waals surface area contributed by atoms with Gasteiger partial charge in [0.1, 0.15) is 23.1 Å². The topological polar surface area (TPSA) is 94.6 Å². The summed E-state index contributed by atoms with van der Waals surface area (Å²) in [5, 5.41) is 0. The Morgan fingerprint density at radius 1 is 1.12 bits per heavy atom. The van der Waals surface area contributed by atoms with E-state index in [1.807, 2.05) is 0 Å². The molecular formula is C14H21ClI3O6S2-. The molecule has 0 aliphatic carbocycles. The maximum atomic E-state index is 10.4. The first-order valence-corrected chi connectivity index (χ1v) is 22.2. The molecule has 0 atom stereocenters. The minimum atomic E-state index is -0.286. The summed E-state index contributed by atoms with van der Waals surface area (Å²) in [5.41, 5.74) is 0. The summed E-state index contributed by atoms with van der Waals surface area (Å²) in [6.45, 7) is 2.94. The second-order valence-electron chi connectivity index (χ2n) is 4.41. The summed E-state index contributed by atoms with van der Waals surface area (Å²) in [6.07, 6.45) is 0.174. The standard InChI is InChI=1S/C6H10O3S.C5H6O2S.C3H5ClO.I3/c1-5(7)3-10-4-6(8)9-2;6-4-1-5(7)3-8-2-4;1-3(5)2-4;1-3-2/h3-4H2,1-2H3;1-3H2;2H2,1H3;/q;;;-1. The van der Waals surface area contributed by atoms with Crippen LogP contribution in [0, 0.1) is 0 Å². The Morgan fingerprint density at radius 2 is 1.54 bits per heavy atom. The molecule has 0 spiro atoms. The van der Waals surface area contributed by atoms with Gasteiger partial charge in [0.05, 0.1) is 42.4 Å². The zero-order valence-corrected chi connectivity index (χ0v) is 23.4. The van der Waals surface area contributed by atoms with Gasteiger partial charge in [-0.1, -0.05) is 0 Å². The van der Waals surface area contributed by atoms with E-state index in [-0.39, 0.29) is 47.2 Å². The van der Waals surface area contributed by atoms with Gasteiger partial charge in [-0.25, -0.2) is 0 Å². The van der Waals surface area contributed by atoms with Crippen LogP contribution in [0.5, 0.6) is 0 Å². The maximum Gasteiger partial charge on any atom is 0.150 e. The number of hydrogen-bond donors (Lipinski definition) is 0. The van der Waals surface area contributed by atoms with Crippen LogP contribution in [0.25, 0.3) is 0 Å². The number of ketones is 4. The Balaban J connectivity index is -0.000000295. The van der Waals surface area contributed by atoms with Crippen LogP contribution in [-0.2, 0) is 28.7 Å². The van der Waals surface area contributed by atoms with Gasteiger partial charge in [0.25, 0.3) is 0 Å². The first-order chi connectivity index (χ1) is 12.1. The van der Waals surface area contributed by atoms with Crippen molar-refractivity contribution in [3.8, 4) is 0 Å². The molecule has 0 unspecified atom stereocenters. The number of ether oxygens (including phenoxy) is 1. The molecule has 0 amide bonds. The van der Waals surface area contributed by atoms with Crippen molar-refractivity contribution in [2.24, 2.45) is 0 Å². The van der Waals surface area contributed by atoms with Crippen LogP contribution in [0.3, 0.4) is 0 Å². The number of carbonyl (C=O) groups excluding carboxylic acids is 5. The first-order valence-electron chi connectivity index (χ1n) is 6.82. The van der Waals surface area contributed by atoms with Gasteiger partial charge in [-0.15, -0.1) is 35.1 Å². The van der Waals surface area contributed by atoms with E-state index in [1.165, 1.54) is 44.5 Å². The van der Waals surface area contributed by atoms with E-state index < -0.39 is 0 Å². The monoisotopic (exact) mass is 765 g/mol. The molecule has 0 saturated carbocycles. The third-order valence-electron chi connectivity index (χ3n) is 1.86. The van der Waals surface area contributed by atoms with Crippen LogP contribution >= 0.6 is 72.4 Å². The van der Waals surface area contributed by atoms with Gasteiger partial charge in [-0.3, -0.25) is 24.0 Å². The van der Waals surface area contributed by atoms with Crippen molar-refractivity contribution in [2.75, 3.05) is 36.0 Å². The molecule has 0 aromatic heterocycles. The predicted octanol–water partition coefficient (Wildman–Crippen LogP) is 0.333. The molecule has 26 heavy (non-hydrogen) atoms. The van der Waals surface area contributed by atoms with Gasteiger partial charge in [0.2, 0.25) is 0 Å². The van der Waals surface area contributed by atoms with Gasteiger partial charge in [0.15, 0.2) is 0 Å². The molecule has 1 aliphatic rings. The second-order valence-corrected chi connectivity index (χ2v) is 22.9. The van der Waals surface area contributed by atoms with Gasteiger partial charge in [-0.2, -0.15) is 0 Å². The van der Waals surface area contributed by atoms with Crippen molar-refractivity contribution >= 4 is 101 Å². The van der Waals surface area contributed by atoms with Crippen LogP contribution in [0.1, 0.15) is 20.3 Å². The Morgan fingerprint density at radius 3 is 1.77 bits per heavy atom. The molecule has 1 heterocycles. The molecule has 0 aromatic carbocycles. The number of carbonyl (C=O) groups is 5. The number of Topliss-reactive ketones (excluding diaryl/α,β-unsaturated/α-hetero) is 4. The largest absolute Gasteiger partial charge is 0.298 e. The average Bonchev–Trinajstić information content (AvgIpc) is 2.56. The maximum absolute atomic E-state index is 10.4. The minimum Gasteiger partial charge on any atom is -0.298 e. The zero-order valence-electron chi connectivity index (χ0n) is 14.5. The molecule has 1 saturated heterocycles. The summed E-state index contributed by atoms with van der Waals surface area (Å²) >= 11 is 13.0. The summed E-state index contributed by atoms with van der Waals surface area (Å²) in [5.74, 6) is 1.81. The van der Waals surface area contributed by atoms with Crippen molar-refractivity contribution < 1.29 is 42.0 Å². The van der Waals surface area contributed by atoms with Crippen LogP contribution < -0.4 is 13.3 Å². The molecule has 12 heteroatoms. The Kier molecular flexibility index (Phi) is 30.0. The number of hydrogen-bond acceptors (Lipinski definition) is 8. The Labute approximate surface area is 197 Å². The third-order valence-corrected chi connectivity index (χ3v) is 4.34. The van der Waals surface area contributed by atoms with E-state index in [4.69, 9.17) is 11.6 Å². The minimum absolute atomic E-state index is 0.0201. The fourth-order valence-electron chi connectivity index (χ4n) is 0.938. The molecule has 6 nitrogen and oxygen atoms in total. The van der Waals surface area contributed by atoms with Crippen LogP contribution in [0.4, 0.5) is 0 Å². The number of alkyl halides is 1. The molecule has 0 radical (unpaired) electrons. The van der Waals surface area contributed by atoms with E-state index in [2.05, 4.69) is 42.0 Å². The van der Waals surface area contributed by atoms with E-state index >= 15 is 0 Å².